The molecule has 0 bridgehead atoms. The molecule has 32 heavy (non-hydrogen) atoms. The van der Waals surface area contributed by atoms with Crippen molar-refractivity contribution < 1.29 is 22.0 Å². The summed E-state index contributed by atoms with van der Waals surface area (Å²) in [5, 5.41) is 0. The fraction of sp³-hybridized carbons (Fsp3) is 0.259. The quantitative estimate of drug-likeness (QED) is 0.234. The molecule has 0 N–H and O–H groups in total. The molecule has 1 atom stereocenters. The van der Waals surface area contributed by atoms with Crippen LogP contribution in [-0.2, 0) is 19.3 Å². The predicted molar refractivity (Wildman–Crippen MR) is 114 cm³/mol. The number of aryl methyl sites for hydroxylation is 1. The monoisotopic (exact) mass is 440 g/mol. The normalized spacial score (nSPS) is 15.1. The van der Waals surface area contributed by atoms with Crippen LogP contribution in [0.5, 0.6) is 0 Å². The molecule has 164 valence electrons. The van der Waals surface area contributed by atoms with Crippen molar-refractivity contribution in [2.24, 2.45) is 0 Å². The maximum atomic E-state index is 15.0. The highest BCUT2D eigenvalue weighted by atomic mass is 19.2. The van der Waals surface area contributed by atoms with Crippen LogP contribution in [0.2, 0.25) is 0 Å². The van der Waals surface area contributed by atoms with Crippen molar-refractivity contribution in [1.29, 1.82) is 0 Å². The molecule has 0 aliphatic heterocycles. The number of benzene rings is 3. The van der Waals surface area contributed by atoms with Gasteiger partial charge in [-0.1, -0.05) is 43.4 Å². The van der Waals surface area contributed by atoms with Crippen LogP contribution in [0, 0.1) is 40.9 Å². The topological polar surface area (TPSA) is 0 Å². The highest BCUT2D eigenvalue weighted by molar-refractivity contribution is 5.48. The highest BCUT2D eigenvalue weighted by Crippen LogP contribution is 2.36. The minimum atomic E-state index is -1.57. The zero-order valence-corrected chi connectivity index (χ0v) is 17.5. The molecule has 3 aromatic rings. The largest absolute Gasteiger partial charge is 0.207 e. The maximum Gasteiger partial charge on any atom is 0.194 e. The Bertz CT molecular complexity index is 1210. The van der Waals surface area contributed by atoms with Crippen molar-refractivity contribution in [2.45, 2.75) is 44.9 Å². The lowest BCUT2D eigenvalue weighted by molar-refractivity contribution is 0.446. The fourth-order valence-electron chi connectivity index (χ4n) is 4.28. The van der Waals surface area contributed by atoms with Crippen molar-refractivity contribution in [3.63, 3.8) is 0 Å². The van der Waals surface area contributed by atoms with E-state index in [9.17, 15) is 17.6 Å². The van der Waals surface area contributed by atoms with Gasteiger partial charge in [-0.2, -0.15) is 0 Å². The first-order chi connectivity index (χ1) is 15.4. The number of hydrogen-bond acceptors (Lipinski definition) is 0. The van der Waals surface area contributed by atoms with E-state index in [1.165, 1.54) is 6.07 Å². The Hall–Kier alpha value is -3.13. The van der Waals surface area contributed by atoms with Gasteiger partial charge in [-0.25, -0.2) is 22.0 Å². The lowest BCUT2D eigenvalue weighted by Crippen LogP contribution is -2.16. The molecule has 0 heterocycles. The first-order valence-electron chi connectivity index (χ1n) is 10.6. The summed E-state index contributed by atoms with van der Waals surface area (Å²) < 4.78 is 69.5. The van der Waals surface area contributed by atoms with E-state index in [1.54, 1.807) is 12.1 Å². The summed E-state index contributed by atoms with van der Waals surface area (Å²) in [5.41, 5.74) is 2.98. The van der Waals surface area contributed by atoms with Gasteiger partial charge in [0.15, 0.2) is 17.5 Å². The standard InChI is InChI=1S/C27H21F5/c1-2-3-16-5-10-21(23(28)12-16)19-9-11-22-20(15-19)8-7-18(26(22)31)6-4-17-13-24(29)27(32)25(30)14-17/h5,7-8,10,12-14,19H,2-3,9,11,15H2,1H3. The van der Waals surface area contributed by atoms with Gasteiger partial charge in [0.2, 0.25) is 0 Å². The van der Waals surface area contributed by atoms with Gasteiger partial charge in [0.25, 0.3) is 0 Å². The second-order valence-electron chi connectivity index (χ2n) is 8.11. The van der Waals surface area contributed by atoms with Crippen molar-refractivity contribution in [3.8, 4) is 11.8 Å². The summed E-state index contributed by atoms with van der Waals surface area (Å²) in [6.45, 7) is 2.05. The molecule has 0 amide bonds. The third-order valence-corrected chi connectivity index (χ3v) is 5.92. The second kappa shape index (κ2) is 9.16. The molecule has 0 fully saturated rings. The lowest BCUT2D eigenvalue weighted by atomic mass is 9.79. The molecule has 0 saturated carbocycles. The molecule has 5 heteroatoms. The number of hydrogen-bond donors (Lipinski definition) is 0. The third kappa shape index (κ3) is 4.41. The summed E-state index contributed by atoms with van der Waals surface area (Å²) in [7, 11) is 0. The Morgan fingerprint density at radius 2 is 1.59 bits per heavy atom. The third-order valence-electron chi connectivity index (χ3n) is 5.92. The number of rotatable bonds is 3. The summed E-state index contributed by atoms with van der Waals surface area (Å²) in [6, 6.07) is 10.2. The molecule has 0 nitrogen and oxygen atoms in total. The van der Waals surface area contributed by atoms with Gasteiger partial charge < -0.3 is 0 Å². The number of fused-ring (bicyclic) bond motifs is 1. The molecule has 1 aliphatic rings. The van der Waals surface area contributed by atoms with E-state index >= 15 is 4.39 Å². The molecule has 4 rings (SSSR count). The Balaban J connectivity index is 1.58. The minimum Gasteiger partial charge on any atom is -0.207 e. The van der Waals surface area contributed by atoms with Crippen molar-refractivity contribution in [2.75, 3.05) is 0 Å². The zero-order chi connectivity index (χ0) is 22.8. The highest BCUT2D eigenvalue weighted by Gasteiger charge is 2.25. The number of halogens is 5. The zero-order valence-electron chi connectivity index (χ0n) is 17.5. The summed E-state index contributed by atoms with van der Waals surface area (Å²) in [6.07, 6.45) is 3.36. The van der Waals surface area contributed by atoms with Gasteiger partial charge in [-0.05, 0) is 78.1 Å². The predicted octanol–water partition coefficient (Wildman–Crippen LogP) is 7.01. The van der Waals surface area contributed by atoms with Gasteiger partial charge in [0.1, 0.15) is 11.6 Å². The van der Waals surface area contributed by atoms with Gasteiger partial charge in [0, 0.05) is 5.56 Å². The second-order valence-corrected chi connectivity index (χ2v) is 8.11. The Kier molecular flexibility index (Phi) is 6.32. The maximum absolute atomic E-state index is 15.0. The average Bonchev–Trinajstić information content (AvgIpc) is 2.77. The first kappa shape index (κ1) is 22.1. The molecular formula is C27H21F5. The molecule has 1 unspecified atom stereocenters. The van der Waals surface area contributed by atoms with Crippen LogP contribution in [0.3, 0.4) is 0 Å². The van der Waals surface area contributed by atoms with E-state index < -0.39 is 23.3 Å². The van der Waals surface area contributed by atoms with Crippen LogP contribution in [-0.4, -0.2) is 0 Å². The first-order valence-corrected chi connectivity index (χ1v) is 10.6. The fourth-order valence-corrected chi connectivity index (χ4v) is 4.28. The van der Waals surface area contributed by atoms with E-state index in [0.717, 1.165) is 36.1 Å². The van der Waals surface area contributed by atoms with Crippen molar-refractivity contribution in [1.82, 2.24) is 0 Å². The van der Waals surface area contributed by atoms with E-state index in [1.807, 2.05) is 19.1 Å². The lowest BCUT2D eigenvalue weighted by Gasteiger charge is -2.26. The van der Waals surface area contributed by atoms with Crippen LogP contribution < -0.4 is 0 Å². The molecule has 3 aromatic carbocycles. The average molecular weight is 440 g/mol. The van der Waals surface area contributed by atoms with Crippen molar-refractivity contribution in [3.05, 3.63) is 105 Å². The van der Waals surface area contributed by atoms with E-state index in [4.69, 9.17) is 0 Å². The van der Waals surface area contributed by atoms with Crippen LogP contribution in [0.1, 0.15) is 59.1 Å². The molecule has 0 saturated heterocycles. The van der Waals surface area contributed by atoms with Crippen molar-refractivity contribution >= 4 is 0 Å². The molecule has 0 spiro atoms. The molecular weight excluding hydrogens is 419 g/mol. The summed E-state index contributed by atoms with van der Waals surface area (Å²) >= 11 is 0. The minimum absolute atomic E-state index is 0.0281. The molecule has 1 aliphatic carbocycles. The van der Waals surface area contributed by atoms with E-state index in [2.05, 4.69) is 11.8 Å². The molecule has 0 radical (unpaired) electrons. The van der Waals surface area contributed by atoms with E-state index in [0.29, 0.717) is 30.4 Å². The van der Waals surface area contributed by atoms with Gasteiger partial charge in [0.05, 0.1) is 5.56 Å². The van der Waals surface area contributed by atoms with Gasteiger partial charge >= 0.3 is 0 Å². The Labute approximate surface area is 184 Å². The van der Waals surface area contributed by atoms with Crippen LogP contribution in [0.15, 0.2) is 42.5 Å². The SMILES string of the molecule is CCCc1ccc(C2CCc3c(ccc(C#Cc4cc(F)c(F)c(F)c4)c3F)C2)c(F)c1. The van der Waals surface area contributed by atoms with Gasteiger partial charge in [-0.15, -0.1) is 0 Å². The van der Waals surface area contributed by atoms with E-state index in [-0.39, 0.29) is 22.9 Å². The van der Waals surface area contributed by atoms with Crippen LogP contribution in [0.25, 0.3) is 0 Å². The summed E-state index contributed by atoms with van der Waals surface area (Å²) in [5.74, 6) is 0.0900. The smallest absolute Gasteiger partial charge is 0.194 e. The van der Waals surface area contributed by atoms with Crippen LogP contribution in [0.4, 0.5) is 22.0 Å². The summed E-state index contributed by atoms with van der Waals surface area (Å²) in [4.78, 5) is 0. The Morgan fingerprint density at radius 3 is 2.28 bits per heavy atom. The Morgan fingerprint density at radius 1 is 0.844 bits per heavy atom. The molecule has 0 aromatic heterocycles. The van der Waals surface area contributed by atoms with Crippen LogP contribution >= 0.6 is 0 Å². The van der Waals surface area contributed by atoms with Gasteiger partial charge in [-0.3, -0.25) is 0 Å².